The number of benzene rings is 2. The van der Waals surface area contributed by atoms with Crippen LogP contribution < -0.4 is 15.4 Å². The summed E-state index contributed by atoms with van der Waals surface area (Å²) in [4.78, 5) is 57.9. The highest BCUT2D eigenvalue weighted by atomic mass is 32.1. The van der Waals surface area contributed by atoms with Crippen molar-refractivity contribution in [2.24, 2.45) is 0 Å². The monoisotopic (exact) mass is 594 g/mol. The fraction of sp³-hybridized carbons (Fsp3) is 0.367. The number of rotatable bonds is 15. The van der Waals surface area contributed by atoms with Crippen LogP contribution in [0.4, 0.5) is 9.93 Å². The molecular formula is C30H34N4O7S. The Morgan fingerprint density at radius 3 is 2.45 bits per heavy atom. The first-order valence-corrected chi connectivity index (χ1v) is 14.5. The van der Waals surface area contributed by atoms with Crippen LogP contribution in [0.2, 0.25) is 0 Å². The molecule has 4 amide bonds. The summed E-state index contributed by atoms with van der Waals surface area (Å²) >= 11 is 1.11. The maximum atomic E-state index is 13.7. The van der Waals surface area contributed by atoms with E-state index >= 15 is 0 Å². The second-order valence-corrected chi connectivity index (χ2v) is 10.4. The van der Waals surface area contributed by atoms with Gasteiger partial charge in [-0.15, -0.1) is 11.3 Å². The van der Waals surface area contributed by atoms with Gasteiger partial charge in [0.1, 0.15) is 30.1 Å². The summed E-state index contributed by atoms with van der Waals surface area (Å²) in [7, 11) is 1.60. The summed E-state index contributed by atoms with van der Waals surface area (Å²) in [6.07, 6.45) is 0.283. The largest absolute Gasteiger partial charge is 0.491 e. The molecule has 1 aliphatic rings. The fourth-order valence-corrected chi connectivity index (χ4v) is 5.25. The molecule has 0 aliphatic carbocycles. The Kier molecular flexibility index (Phi) is 10.8. The normalized spacial score (nSPS) is 16.2. The number of thiazole rings is 1. The first kappa shape index (κ1) is 30.8. The van der Waals surface area contributed by atoms with Crippen LogP contribution in [0.25, 0.3) is 0 Å². The van der Waals surface area contributed by atoms with Crippen LogP contribution >= 0.6 is 11.3 Å². The molecule has 0 spiro atoms. The van der Waals surface area contributed by atoms with Gasteiger partial charge in [-0.25, -0.2) is 14.7 Å². The van der Waals surface area contributed by atoms with E-state index < -0.39 is 35.8 Å². The van der Waals surface area contributed by atoms with Gasteiger partial charge < -0.3 is 24.8 Å². The van der Waals surface area contributed by atoms with E-state index in [1.54, 1.807) is 50.6 Å². The Balaban J connectivity index is 1.51. The fourth-order valence-electron chi connectivity index (χ4n) is 4.53. The number of amides is 4. The van der Waals surface area contributed by atoms with Gasteiger partial charge in [0.25, 0.3) is 5.91 Å². The molecule has 2 N–H and O–H groups in total. The van der Waals surface area contributed by atoms with Gasteiger partial charge in [-0.05, 0) is 23.3 Å². The third-order valence-electron chi connectivity index (χ3n) is 6.80. The highest BCUT2D eigenvalue weighted by Gasteiger charge is 2.47. The van der Waals surface area contributed by atoms with Crippen LogP contribution in [0.1, 0.15) is 53.8 Å². The molecule has 1 aliphatic heterocycles. The van der Waals surface area contributed by atoms with Crippen molar-refractivity contribution in [3.8, 4) is 5.75 Å². The smallest absolute Gasteiger partial charge is 0.325 e. The lowest BCUT2D eigenvalue weighted by Gasteiger charge is -2.29. The Bertz CT molecular complexity index is 1380. The lowest BCUT2D eigenvalue weighted by Crippen LogP contribution is -2.50. The van der Waals surface area contributed by atoms with Gasteiger partial charge in [0.15, 0.2) is 10.9 Å². The SMILES string of the molecule is CCC(=O)c1csc(NC(=O)[C@H]([C@@H](C)c2ccccc2)N2C(=O)N[C@H](c3ccc(OCCOCCOC)cc3)C2=O)n1. The van der Waals surface area contributed by atoms with E-state index in [-0.39, 0.29) is 23.0 Å². The van der Waals surface area contributed by atoms with E-state index in [4.69, 9.17) is 14.2 Å². The summed E-state index contributed by atoms with van der Waals surface area (Å²) in [5.41, 5.74) is 1.58. The molecule has 3 atom stereocenters. The molecule has 2 heterocycles. The van der Waals surface area contributed by atoms with Crippen LogP contribution in [0.3, 0.4) is 0 Å². The maximum absolute atomic E-state index is 13.7. The van der Waals surface area contributed by atoms with Crippen LogP contribution in [0.5, 0.6) is 5.75 Å². The maximum Gasteiger partial charge on any atom is 0.325 e. The van der Waals surface area contributed by atoms with Gasteiger partial charge in [0.2, 0.25) is 5.91 Å². The third kappa shape index (κ3) is 7.38. The topological polar surface area (TPSA) is 136 Å². The Hall–Kier alpha value is -4.13. The number of ketones is 1. The average Bonchev–Trinajstić information content (AvgIpc) is 3.59. The van der Waals surface area contributed by atoms with Crippen molar-refractivity contribution in [1.29, 1.82) is 0 Å². The average molecular weight is 595 g/mol. The molecular weight excluding hydrogens is 560 g/mol. The van der Waals surface area contributed by atoms with Gasteiger partial charge >= 0.3 is 6.03 Å². The minimum absolute atomic E-state index is 0.148. The van der Waals surface area contributed by atoms with Crippen LogP contribution in [0, 0.1) is 0 Å². The van der Waals surface area contributed by atoms with Crippen molar-refractivity contribution in [2.75, 3.05) is 38.9 Å². The molecule has 1 fully saturated rings. The lowest BCUT2D eigenvalue weighted by atomic mass is 9.91. The van der Waals surface area contributed by atoms with E-state index in [0.29, 0.717) is 37.7 Å². The van der Waals surface area contributed by atoms with Crippen molar-refractivity contribution in [3.63, 3.8) is 0 Å². The summed E-state index contributed by atoms with van der Waals surface area (Å²) in [6.45, 7) is 5.24. The molecule has 0 bridgehead atoms. The number of ether oxygens (including phenoxy) is 3. The zero-order chi connectivity index (χ0) is 30.1. The predicted octanol–water partition coefficient (Wildman–Crippen LogP) is 4.18. The number of hydrogen-bond acceptors (Lipinski definition) is 9. The standard InChI is InChI=1S/C30H34N4O7S/c1-4-24(35)23-18-42-29(31-23)33-27(36)26(19(2)20-8-6-5-7-9-20)34-28(37)25(32-30(34)38)21-10-12-22(13-11-21)41-17-16-40-15-14-39-3/h5-13,18-19,25-26H,4,14-17H2,1-3H3,(H,32,38)(H,31,33,36)/t19-,25+,26-/m0/s1. The third-order valence-corrected chi connectivity index (χ3v) is 7.56. The number of carbonyl (C=O) groups excluding carboxylic acids is 4. The molecule has 1 aromatic heterocycles. The number of nitrogens with one attached hydrogen (secondary N) is 2. The van der Waals surface area contributed by atoms with E-state index in [2.05, 4.69) is 15.6 Å². The summed E-state index contributed by atoms with van der Waals surface area (Å²) in [5, 5.41) is 7.22. The molecule has 12 heteroatoms. The number of imide groups is 1. The quantitative estimate of drug-likeness (QED) is 0.152. The van der Waals surface area contributed by atoms with Crippen molar-refractivity contribution in [1.82, 2.24) is 15.2 Å². The molecule has 1 saturated heterocycles. The van der Waals surface area contributed by atoms with Crippen LogP contribution in [-0.4, -0.2) is 73.1 Å². The molecule has 3 aromatic rings. The molecule has 222 valence electrons. The first-order chi connectivity index (χ1) is 20.3. The molecule has 0 saturated carbocycles. The predicted molar refractivity (Wildman–Crippen MR) is 157 cm³/mol. The summed E-state index contributed by atoms with van der Waals surface area (Å²) < 4.78 is 16.0. The number of hydrogen-bond donors (Lipinski definition) is 2. The van der Waals surface area contributed by atoms with Crippen LogP contribution in [-0.2, 0) is 19.1 Å². The van der Waals surface area contributed by atoms with Gasteiger partial charge in [-0.2, -0.15) is 0 Å². The first-order valence-electron chi connectivity index (χ1n) is 13.6. The molecule has 0 radical (unpaired) electrons. The van der Waals surface area contributed by atoms with Gasteiger partial charge in [0.05, 0.1) is 19.8 Å². The number of nitrogens with zero attached hydrogens (tertiary/aromatic N) is 2. The second kappa shape index (κ2) is 14.7. The summed E-state index contributed by atoms with van der Waals surface area (Å²) in [5.74, 6) is -1.24. The summed E-state index contributed by atoms with van der Waals surface area (Å²) in [6, 6.07) is 13.2. The molecule has 0 unspecified atom stereocenters. The van der Waals surface area contributed by atoms with Crippen molar-refractivity contribution in [2.45, 2.75) is 38.3 Å². The highest BCUT2D eigenvalue weighted by Crippen LogP contribution is 2.32. The van der Waals surface area contributed by atoms with Crippen LogP contribution in [0.15, 0.2) is 60.0 Å². The lowest BCUT2D eigenvalue weighted by molar-refractivity contribution is -0.134. The molecule has 4 rings (SSSR count). The van der Waals surface area contributed by atoms with E-state index in [0.717, 1.165) is 21.8 Å². The van der Waals surface area contributed by atoms with E-state index in [1.807, 2.05) is 30.3 Å². The molecule has 42 heavy (non-hydrogen) atoms. The minimum atomic E-state index is -1.18. The number of Topliss-reactive ketones (excluding diaryl/α,β-unsaturated/α-hetero) is 1. The Morgan fingerprint density at radius 2 is 1.76 bits per heavy atom. The number of urea groups is 1. The van der Waals surface area contributed by atoms with E-state index in [9.17, 15) is 19.2 Å². The van der Waals surface area contributed by atoms with Gasteiger partial charge in [0, 0.05) is 24.8 Å². The minimum Gasteiger partial charge on any atom is -0.491 e. The zero-order valence-corrected chi connectivity index (χ0v) is 24.5. The second-order valence-electron chi connectivity index (χ2n) is 9.56. The van der Waals surface area contributed by atoms with Gasteiger partial charge in [-0.3, -0.25) is 14.4 Å². The van der Waals surface area contributed by atoms with E-state index in [1.165, 1.54) is 0 Å². The molecule has 2 aromatic carbocycles. The number of carbonyl (C=O) groups is 4. The number of aromatic nitrogens is 1. The van der Waals surface area contributed by atoms with Crippen molar-refractivity contribution >= 4 is 40.1 Å². The van der Waals surface area contributed by atoms with Crippen molar-refractivity contribution in [3.05, 3.63) is 76.8 Å². The Labute approximate surface area is 248 Å². The number of methoxy groups -OCH3 is 1. The Morgan fingerprint density at radius 1 is 1.05 bits per heavy atom. The van der Waals surface area contributed by atoms with Crippen molar-refractivity contribution < 1.29 is 33.4 Å². The molecule has 11 nitrogen and oxygen atoms in total. The number of anilines is 1. The highest BCUT2D eigenvalue weighted by molar-refractivity contribution is 7.14. The zero-order valence-electron chi connectivity index (χ0n) is 23.7. The van der Waals surface area contributed by atoms with Gasteiger partial charge in [-0.1, -0.05) is 56.3 Å².